The van der Waals surface area contributed by atoms with Crippen LogP contribution < -0.4 is 0 Å². The van der Waals surface area contributed by atoms with Gasteiger partial charge >= 0.3 is 0 Å². The van der Waals surface area contributed by atoms with E-state index in [1.54, 1.807) is 18.5 Å². The van der Waals surface area contributed by atoms with Crippen LogP contribution in [-0.2, 0) is 10.2 Å². The molecular weight excluding hydrogens is 484 g/mol. The largest absolute Gasteiger partial charge is 0.507 e. The molecule has 0 spiro atoms. The molecule has 5 heteroatoms. The van der Waals surface area contributed by atoms with Crippen LogP contribution in [0, 0.1) is 11.8 Å². The molecule has 1 N–H and O–H groups in total. The number of hydrogen-bond donors (Lipinski definition) is 1. The number of carbonyl (C=O) groups excluding carboxylic acids is 2. The van der Waals surface area contributed by atoms with Crippen molar-refractivity contribution in [2.75, 3.05) is 0 Å². The second-order valence-corrected chi connectivity index (χ2v) is 11.8. The summed E-state index contributed by atoms with van der Waals surface area (Å²) in [4.78, 5) is 37.5. The van der Waals surface area contributed by atoms with Crippen molar-refractivity contribution in [2.24, 2.45) is 11.8 Å². The zero-order valence-corrected chi connectivity index (χ0v) is 22.3. The summed E-state index contributed by atoms with van der Waals surface area (Å²) in [6.07, 6.45) is 14.4. The zero-order chi connectivity index (χ0) is 26.6. The topological polar surface area (TPSA) is 80.2 Å². The van der Waals surface area contributed by atoms with Crippen LogP contribution in [0.1, 0.15) is 86.6 Å². The third-order valence-corrected chi connectivity index (χ3v) is 9.96. The Bertz CT molecular complexity index is 1580. The molecule has 0 bridgehead atoms. The first-order chi connectivity index (χ1) is 19.1. The van der Waals surface area contributed by atoms with E-state index in [-0.39, 0.29) is 35.6 Å². The number of nitrogens with zero attached hydrogens (tertiary/aromatic N) is 2. The Morgan fingerprint density at radius 3 is 1.95 bits per heavy atom. The molecule has 3 aliphatic rings. The molecule has 0 atom stereocenters. The fourth-order valence-electron chi connectivity index (χ4n) is 8.42. The Morgan fingerprint density at radius 1 is 0.692 bits per heavy atom. The predicted octanol–water partition coefficient (Wildman–Crippen LogP) is 7.71. The van der Waals surface area contributed by atoms with Crippen LogP contribution in [0.25, 0.3) is 32.9 Å². The van der Waals surface area contributed by atoms with E-state index in [0.717, 1.165) is 67.7 Å². The first-order valence-electron chi connectivity index (χ1n) is 14.7. The number of ketones is 2. The highest BCUT2D eigenvalue weighted by Gasteiger charge is 2.56. The van der Waals surface area contributed by atoms with E-state index in [1.165, 1.54) is 12.8 Å². The SMILES string of the molecule is O=C1CC(=O)C(C2CCCCC2)(C2CCCCC2)c2ccc3c(c21)c(-c1ncccn1)c(O)c1ccccc13. The highest BCUT2D eigenvalue weighted by molar-refractivity contribution is 6.28. The van der Waals surface area contributed by atoms with Crippen LogP contribution in [0.15, 0.2) is 54.9 Å². The third-order valence-electron chi connectivity index (χ3n) is 9.96. The summed E-state index contributed by atoms with van der Waals surface area (Å²) < 4.78 is 0. The van der Waals surface area contributed by atoms with Crippen molar-refractivity contribution >= 4 is 33.1 Å². The molecule has 1 heterocycles. The Labute approximate surface area is 228 Å². The molecule has 198 valence electrons. The smallest absolute Gasteiger partial charge is 0.171 e. The number of Topliss-reactive ketones (excluding diaryl/α,β-unsaturated/α-hetero) is 2. The van der Waals surface area contributed by atoms with Crippen LogP contribution in [0.2, 0.25) is 0 Å². The standard InChI is InChI=1S/C34H34N2O3/c37-27-20-28(38)34(21-10-3-1-4-11-21,22-12-5-2-6-13-22)26-17-16-24-23-14-7-8-15-25(23)32(39)31(29(24)30(26)27)33-35-18-9-19-36-33/h7-9,14-19,21-22,39H,1-6,10-13,20H2. The normalized spacial score (nSPS) is 20.4. The molecule has 2 saturated carbocycles. The molecule has 3 aromatic carbocycles. The minimum absolute atomic E-state index is 0.0677. The van der Waals surface area contributed by atoms with E-state index in [1.807, 2.05) is 24.3 Å². The van der Waals surface area contributed by atoms with Gasteiger partial charge in [-0.25, -0.2) is 9.97 Å². The van der Waals surface area contributed by atoms with Gasteiger partial charge in [0.05, 0.1) is 17.4 Å². The fraction of sp³-hybridized carbons (Fsp3) is 0.412. The maximum absolute atomic E-state index is 14.4. The Hall–Kier alpha value is -3.60. The first-order valence-corrected chi connectivity index (χ1v) is 14.7. The van der Waals surface area contributed by atoms with Gasteiger partial charge in [-0.05, 0) is 59.9 Å². The van der Waals surface area contributed by atoms with Gasteiger partial charge in [-0.15, -0.1) is 0 Å². The molecule has 1 aromatic heterocycles. The lowest BCUT2D eigenvalue weighted by Gasteiger charge is -2.51. The van der Waals surface area contributed by atoms with Crippen molar-refractivity contribution in [3.63, 3.8) is 0 Å². The van der Waals surface area contributed by atoms with Gasteiger partial charge in [0.2, 0.25) is 0 Å². The van der Waals surface area contributed by atoms with Crippen LogP contribution in [0.4, 0.5) is 0 Å². The van der Waals surface area contributed by atoms with Gasteiger partial charge in [0.15, 0.2) is 17.4 Å². The molecule has 0 amide bonds. The molecule has 0 radical (unpaired) electrons. The maximum Gasteiger partial charge on any atom is 0.171 e. The second-order valence-electron chi connectivity index (χ2n) is 11.8. The minimum atomic E-state index is -0.644. The average Bonchev–Trinajstić information content (AvgIpc) is 2.99. The monoisotopic (exact) mass is 518 g/mol. The van der Waals surface area contributed by atoms with E-state index in [2.05, 4.69) is 22.1 Å². The van der Waals surface area contributed by atoms with Crippen LogP contribution in [0.3, 0.4) is 0 Å². The third kappa shape index (κ3) is 3.58. The lowest BCUT2D eigenvalue weighted by Crippen LogP contribution is -2.54. The number of hydrogen-bond acceptors (Lipinski definition) is 5. The van der Waals surface area contributed by atoms with Crippen LogP contribution >= 0.6 is 0 Å². The van der Waals surface area contributed by atoms with Crippen LogP contribution in [0.5, 0.6) is 5.75 Å². The Morgan fingerprint density at radius 2 is 1.31 bits per heavy atom. The van der Waals surface area contributed by atoms with Crippen LogP contribution in [-0.4, -0.2) is 26.6 Å². The predicted molar refractivity (Wildman–Crippen MR) is 153 cm³/mol. The van der Waals surface area contributed by atoms with E-state index in [4.69, 9.17) is 0 Å². The number of rotatable bonds is 3. The first kappa shape index (κ1) is 24.4. The summed E-state index contributed by atoms with van der Waals surface area (Å²) in [6, 6.07) is 13.7. The van der Waals surface area contributed by atoms with Crippen molar-refractivity contribution in [3.8, 4) is 17.1 Å². The summed E-state index contributed by atoms with van der Waals surface area (Å²) >= 11 is 0. The number of phenols is 1. The van der Waals surface area contributed by atoms with Gasteiger partial charge in [0, 0.05) is 28.7 Å². The molecule has 5 nitrogen and oxygen atoms in total. The number of benzene rings is 3. The molecule has 39 heavy (non-hydrogen) atoms. The molecule has 4 aromatic rings. The van der Waals surface area contributed by atoms with Crippen molar-refractivity contribution in [1.29, 1.82) is 0 Å². The molecular formula is C34H34N2O3. The van der Waals surface area contributed by atoms with Crippen molar-refractivity contribution in [1.82, 2.24) is 9.97 Å². The summed E-state index contributed by atoms with van der Waals surface area (Å²) in [5, 5.41) is 14.9. The highest BCUT2D eigenvalue weighted by atomic mass is 16.3. The lowest BCUT2D eigenvalue weighted by atomic mass is 9.51. The highest BCUT2D eigenvalue weighted by Crippen LogP contribution is 2.56. The fourth-order valence-corrected chi connectivity index (χ4v) is 8.42. The number of fused-ring (bicyclic) bond motifs is 5. The molecule has 0 aliphatic heterocycles. The van der Waals surface area contributed by atoms with Gasteiger partial charge in [0.1, 0.15) is 5.75 Å². The zero-order valence-electron chi connectivity index (χ0n) is 22.3. The maximum atomic E-state index is 14.4. The summed E-state index contributed by atoms with van der Waals surface area (Å²) in [7, 11) is 0. The molecule has 3 aliphatic carbocycles. The Kier molecular flexibility index (Phi) is 5.98. The second kappa shape index (κ2) is 9.55. The van der Waals surface area contributed by atoms with Gasteiger partial charge in [-0.3, -0.25) is 9.59 Å². The molecule has 2 fully saturated rings. The summed E-state index contributed by atoms with van der Waals surface area (Å²) in [6.45, 7) is 0. The Balaban J connectivity index is 1.62. The van der Waals surface area contributed by atoms with Crippen molar-refractivity contribution in [3.05, 3.63) is 66.0 Å². The van der Waals surface area contributed by atoms with Crippen molar-refractivity contribution in [2.45, 2.75) is 76.0 Å². The minimum Gasteiger partial charge on any atom is -0.507 e. The van der Waals surface area contributed by atoms with Gasteiger partial charge in [0.25, 0.3) is 0 Å². The van der Waals surface area contributed by atoms with E-state index >= 15 is 0 Å². The average molecular weight is 519 g/mol. The number of phenolic OH excluding ortho intramolecular Hbond substituents is 1. The number of aromatic nitrogens is 2. The van der Waals surface area contributed by atoms with Gasteiger partial charge in [-0.1, -0.05) is 74.9 Å². The number of carbonyl (C=O) groups is 2. The van der Waals surface area contributed by atoms with E-state index in [9.17, 15) is 14.7 Å². The number of aromatic hydroxyl groups is 1. The quantitative estimate of drug-likeness (QED) is 0.222. The summed E-state index contributed by atoms with van der Waals surface area (Å²) in [5.41, 5.74) is 1.37. The van der Waals surface area contributed by atoms with Gasteiger partial charge < -0.3 is 5.11 Å². The summed E-state index contributed by atoms with van der Waals surface area (Å²) in [5.74, 6) is 0.955. The van der Waals surface area contributed by atoms with Crippen molar-refractivity contribution < 1.29 is 14.7 Å². The lowest BCUT2D eigenvalue weighted by molar-refractivity contribution is -0.130. The van der Waals surface area contributed by atoms with Gasteiger partial charge in [-0.2, -0.15) is 0 Å². The molecule has 0 saturated heterocycles. The van der Waals surface area contributed by atoms with E-state index in [0.29, 0.717) is 27.7 Å². The molecule has 7 rings (SSSR count). The molecule has 0 unspecified atom stereocenters. The van der Waals surface area contributed by atoms with E-state index < -0.39 is 5.41 Å².